The molecule has 21 heavy (non-hydrogen) atoms. The summed E-state index contributed by atoms with van der Waals surface area (Å²) in [5, 5.41) is 22.4. The molecule has 3 N–H and O–H groups in total. The van der Waals surface area contributed by atoms with Crippen molar-refractivity contribution >= 4 is 27.4 Å². The third-order valence-electron chi connectivity index (χ3n) is 2.63. The Kier molecular flexibility index (Phi) is 5.22. The van der Waals surface area contributed by atoms with Crippen LogP contribution in [0.1, 0.15) is 13.3 Å². The highest BCUT2D eigenvalue weighted by atomic mass is 32.2. The standard InChI is InChI=1S/C11H15N3O6S/c1-7(5-11(15)16)13-9-4-3-8(21(19,20)12-2)6-10(9)14(17)18/h3-4,6-7,12-13H,5H2,1-2H3,(H,15,16). The zero-order chi connectivity index (χ0) is 16.2. The van der Waals surface area contributed by atoms with Gasteiger partial charge in [-0.05, 0) is 26.1 Å². The van der Waals surface area contributed by atoms with E-state index in [2.05, 4.69) is 10.0 Å². The van der Waals surface area contributed by atoms with Crippen molar-refractivity contribution in [2.24, 2.45) is 0 Å². The highest BCUT2D eigenvalue weighted by Gasteiger charge is 2.21. The number of benzene rings is 1. The minimum Gasteiger partial charge on any atom is -0.481 e. The molecular formula is C11H15N3O6S. The van der Waals surface area contributed by atoms with Crippen LogP contribution in [-0.4, -0.2) is 37.5 Å². The number of nitro benzene ring substituents is 1. The van der Waals surface area contributed by atoms with Crippen LogP contribution in [0.25, 0.3) is 0 Å². The number of sulfonamides is 1. The quantitative estimate of drug-likeness (QED) is 0.498. The Morgan fingerprint density at radius 3 is 2.57 bits per heavy atom. The minimum atomic E-state index is -3.79. The number of nitro groups is 1. The molecule has 1 aromatic rings. The molecule has 0 aliphatic carbocycles. The Hall–Kier alpha value is -2.20. The van der Waals surface area contributed by atoms with Crippen LogP contribution >= 0.6 is 0 Å². The van der Waals surface area contributed by atoms with Crippen LogP contribution in [0.15, 0.2) is 23.1 Å². The fraction of sp³-hybridized carbons (Fsp3) is 0.364. The molecule has 9 nitrogen and oxygen atoms in total. The Balaban J connectivity index is 3.17. The van der Waals surface area contributed by atoms with E-state index in [4.69, 9.17) is 5.11 Å². The van der Waals surface area contributed by atoms with Crippen molar-refractivity contribution in [3.8, 4) is 0 Å². The van der Waals surface area contributed by atoms with Crippen LogP contribution in [0, 0.1) is 10.1 Å². The molecule has 0 spiro atoms. The molecule has 1 atom stereocenters. The van der Waals surface area contributed by atoms with Crippen LogP contribution < -0.4 is 10.0 Å². The molecule has 0 fully saturated rings. The molecular weight excluding hydrogens is 302 g/mol. The van der Waals surface area contributed by atoms with Crippen LogP contribution in [0.2, 0.25) is 0 Å². The topological polar surface area (TPSA) is 139 Å². The largest absolute Gasteiger partial charge is 0.481 e. The third kappa shape index (κ3) is 4.39. The summed E-state index contributed by atoms with van der Waals surface area (Å²) in [7, 11) is -2.60. The van der Waals surface area contributed by atoms with Gasteiger partial charge in [-0.25, -0.2) is 13.1 Å². The average Bonchev–Trinajstić information content (AvgIpc) is 2.37. The summed E-state index contributed by atoms with van der Waals surface area (Å²) in [6.07, 6.45) is -0.228. The summed E-state index contributed by atoms with van der Waals surface area (Å²) in [6, 6.07) is 2.81. The van der Waals surface area contributed by atoms with Crippen molar-refractivity contribution in [3.05, 3.63) is 28.3 Å². The lowest BCUT2D eigenvalue weighted by Crippen LogP contribution is -2.21. The average molecular weight is 317 g/mol. The van der Waals surface area contributed by atoms with Gasteiger partial charge in [-0.3, -0.25) is 14.9 Å². The smallest absolute Gasteiger partial charge is 0.305 e. The lowest BCUT2D eigenvalue weighted by Gasteiger charge is -2.13. The van der Waals surface area contributed by atoms with E-state index in [0.29, 0.717) is 0 Å². The SMILES string of the molecule is CNS(=O)(=O)c1ccc(NC(C)CC(=O)O)c([N+](=O)[O-])c1. The molecule has 0 bridgehead atoms. The van der Waals surface area contributed by atoms with Crippen LogP contribution in [0.4, 0.5) is 11.4 Å². The predicted octanol–water partition coefficient (Wildman–Crippen LogP) is 0.778. The molecule has 1 aromatic carbocycles. The number of aliphatic carboxylic acids is 1. The normalized spacial score (nSPS) is 12.7. The number of hydrogen-bond donors (Lipinski definition) is 3. The number of rotatable bonds is 7. The maximum atomic E-state index is 11.6. The monoisotopic (exact) mass is 317 g/mol. The number of nitrogens with one attached hydrogen (secondary N) is 2. The fourth-order valence-corrected chi connectivity index (χ4v) is 2.40. The maximum Gasteiger partial charge on any atom is 0.305 e. The molecule has 0 saturated heterocycles. The first-order valence-electron chi connectivity index (χ1n) is 5.87. The first-order chi connectivity index (χ1) is 9.67. The summed E-state index contributed by atoms with van der Waals surface area (Å²) in [4.78, 5) is 20.6. The highest BCUT2D eigenvalue weighted by Crippen LogP contribution is 2.28. The molecule has 1 unspecified atom stereocenters. The van der Waals surface area contributed by atoms with Gasteiger partial charge in [0.25, 0.3) is 5.69 Å². The molecule has 0 radical (unpaired) electrons. The molecule has 0 aromatic heterocycles. The third-order valence-corrected chi connectivity index (χ3v) is 4.04. The van der Waals surface area contributed by atoms with Gasteiger partial charge >= 0.3 is 5.97 Å². The van der Waals surface area contributed by atoms with Gasteiger partial charge in [0.15, 0.2) is 0 Å². The van der Waals surface area contributed by atoms with Crippen molar-refractivity contribution < 1.29 is 23.2 Å². The van der Waals surface area contributed by atoms with Crippen molar-refractivity contribution in [3.63, 3.8) is 0 Å². The van der Waals surface area contributed by atoms with E-state index in [1.807, 2.05) is 0 Å². The van der Waals surface area contributed by atoms with Gasteiger partial charge in [0, 0.05) is 12.1 Å². The second-order valence-corrected chi connectivity index (χ2v) is 6.17. The number of hydrogen-bond acceptors (Lipinski definition) is 6. The van der Waals surface area contributed by atoms with Gasteiger partial charge in [-0.15, -0.1) is 0 Å². The molecule has 0 amide bonds. The van der Waals surface area contributed by atoms with E-state index < -0.39 is 32.6 Å². The van der Waals surface area contributed by atoms with E-state index in [9.17, 15) is 23.3 Å². The van der Waals surface area contributed by atoms with Gasteiger partial charge in [0.05, 0.1) is 16.2 Å². The van der Waals surface area contributed by atoms with Gasteiger partial charge in [-0.2, -0.15) is 0 Å². The first-order valence-corrected chi connectivity index (χ1v) is 7.36. The highest BCUT2D eigenvalue weighted by molar-refractivity contribution is 7.89. The van der Waals surface area contributed by atoms with Crippen LogP contribution in [-0.2, 0) is 14.8 Å². The van der Waals surface area contributed by atoms with Gasteiger partial charge in [0.2, 0.25) is 10.0 Å². The number of nitrogens with zero attached hydrogens (tertiary/aromatic N) is 1. The van der Waals surface area contributed by atoms with E-state index in [1.54, 1.807) is 6.92 Å². The number of carbonyl (C=O) groups is 1. The Morgan fingerprint density at radius 2 is 2.10 bits per heavy atom. The Morgan fingerprint density at radius 1 is 1.48 bits per heavy atom. The lowest BCUT2D eigenvalue weighted by molar-refractivity contribution is -0.384. The molecule has 10 heteroatoms. The summed E-state index contributed by atoms with van der Waals surface area (Å²) >= 11 is 0. The fourth-order valence-electron chi connectivity index (χ4n) is 1.65. The summed E-state index contributed by atoms with van der Waals surface area (Å²) < 4.78 is 25.3. The maximum absolute atomic E-state index is 11.6. The van der Waals surface area contributed by atoms with Crippen molar-refractivity contribution in [2.45, 2.75) is 24.3 Å². The number of carboxylic acids is 1. The van der Waals surface area contributed by atoms with Crippen molar-refractivity contribution in [1.82, 2.24) is 4.72 Å². The zero-order valence-corrected chi connectivity index (χ0v) is 12.2. The second-order valence-electron chi connectivity index (χ2n) is 4.29. The van der Waals surface area contributed by atoms with Gasteiger partial charge in [0.1, 0.15) is 5.69 Å². The van der Waals surface area contributed by atoms with Crippen molar-refractivity contribution in [2.75, 3.05) is 12.4 Å². The summed E-state index contributed by atoms with van der Waals surface area (Å²) in [6.45, 7) is 1.55. The summed E-state index contributed by atoms with van der Waals surface area (Å²) in [5.74, 6) is -1.05. The van der Waals surface area contributed by atoms with E-state index in [0.717, 1.165) is 6.07 Å². The first kappa shape index (κ1) is 16.9. The molecule has 0 aliphatic rings. The molecule has 1 rings (SSSR count). The van der Waals surface area contributed by atoms with Crippen LogP contribution in [0.5, 0.6) is 0 Å². The van der Waals surface area contributed by atoms with Crippen molar-refractivity contribution in [1.29, 1.82) is 0 Å². The van der Waals surface area contributed by atoms with Gasteiger partial charge < -0.3 is 10.4 Å². The lowest BCUT2D eigenvalue weighted by atomic mass is 10.2. The molecule has 0 heterocycles. The number of carboxylic acid groups (broad SMARTS) is 1. The Bertz CT molecular complexity index is 658. The zero-order valence-electron chi connectivity index (χ0n) is 11.4. The predicted molar refractivity (Wildman–Crippen MR) is 74.7 cm³/mol. The molecule has 116 valence electrons. The van der Waals surface area contributed by atoms with Crippen LogP contribution in [0.3, 0.4) is 0 Å². The van der Waals surface area contributed by atoms with E-state index in [-0.39, 0.29) is 17.0 Å². The van der Waals surface area contributed by atoms with E-state index >= 15 is 0 Å². The minimum absolute atomic E-state index is 0.0591. The van der Waals surface area contributed by atoms with E-state index in [1.165, 1.54) is 19.2 Å². The summed E-state index contributed by atoms with van der Waals surface area (Å²) in [5.41, 5.74) is -0.382. The molecule has 0 saturated carbocycles. The van der Waals surface area contributed by atoms with Gasteiger partial charge in [-0.1, -0.05) is 0 Å². The molecule has 0 aliphatic heterocycles. The number of anilines is 1. The second kappa shape index (κ2) is 6.50. The Labute approximate surface area is 121 Å².